The summed E-state index contributed by atoms with van der Waals surface area (Å²) in [4.78, 5) is 2.48. The standard InChI is InChI=1S/C55H40N2/c1-55(2)49-35-40-19-10-9-18-39(40)34-48(49)46-33-32-43(36-50(46)55)56(42-30-28-38(29-31-42)45-23-12-11-22-44(45)37-16-5-3-6-17-37)52-26-15-27-53-54(52)47-24-13-14-25-51(47)57(53)41-20-7-4-8-21-41/h3-36H,1-2H3. The molecule has 0 bridgehead atoms. The molecule has 0 aliphatic heterocycles. The van der Waals surface area contributed by atoms with Crippen molar-refractivity contribution in [3.05, 3.63) is 217 Å². The molecule has 1 heterocycles. The van der Waals surface area contributed by atoms with Gasteiger partial charge in [-0.15, -0.1) is 0 Å². The van der Waals surface area contributed by atoms with E-state index < -0.39 is 0 Å². The van der Waals surface area contributed by atoms with E-state index in [1.54, 1.807) is 0 Å². The molecule has 11 rings (SSSR count). The van der Waals surface area contributed by atoms with Crippen molar-refractivity contribution < 1.29 is 0 Å². The maximum atomic E-state index is 2.48. The van der Waals surface area contributed by atoms with E-state index in [1.165, 1.54) is 77.1 Å². The molecule has 0 radical (unpaired) electrons. The fourth-order valence-corrected chi connectivity index (χ4v) is 9.41. The topological polar surface area (TPSA) is 8.17 Å². The molecule has 2 heteroatoms. The lowest BCUT2D eigenvalue weighted by atomic mass is 9.81. The first kappa shape index (κ1) is 33.2. The number of nitrogens with zero attached hydrogens (tertiary/aromatic N) is 2. The second-order valence-electron chi connectivity index (χ2n) is 15.8. The van der Waals surface area contributed by atoms with E-state index in [1.807, 2.05) is 0 Å². The van der Waals surface area contributed by atoms with Crippen LogP contribution in [-0.4, -0.2) is 4.57 Å². The molecular formula is C55H40N2. The number of aromatic nitrogens is 1. The number of hydrogen-bond acceptors (Lipinski definition) is 1. The van der Waals surface area contributed by atoms with Gasteiger partial charge in [-0.1, -0.05) is 153 Å². The summed E-state index contributed by atoms with van der Waals surface area (Å²) in [5.74, 6) is 0. The van der Waals surface area contributed by atoms with Crippen LogP contribution < -0.4 is 4.90 Å². The monoisotopic (exact) mass is 728 g/mol. The summed E-state index contributed by atoms with van der Waals surface area (Å²) >= 11 is 0. The average molecular weight is 729 g/mol. The Balaban J connectivity index is 1.13. The summed E-state index contributed by atoms with van der Waals surface area (Å²) in [7, 11) is 0. The van der Waals surface area contributed by atoms with Gasteiger partial charge in [0.15, 0.2) is 0 Å². The van der Waals surface area contributed by atoms with Gasteiger partial charge in [0.25, 0.3) is 0 Å². The molecule has 0 fully saturated rings. The number of fused-ring (bicyclic) bond motifs is 7. The van der Waals surface area contributed by atoms with Crippen molar-refractivity contribution in [3.63, 3.8) is 0 Å². The van der Waals surface area contributed by atoms with Crippen molar-refractivity contribution in [2.24, 2.45) is 0 Å². The Morgan fingerprint density at radius 3 is 1.74 bits per heavy atom. The van der Waals surface area contributed by atoms with Gasteiger partial charge in [-0.3, -0.25) is 0 Å². The second-order valence-corrected chi connectivity index (χ2v) is 15.8. The lowest BCUT2D eigenvalue weighted by Gasteiger charge is -2.29. The first-order valence-electron chi connectivity index (χ1n) is 19.9. The summed E-state index contributed by atoms with van der Waals surface area (Å²) in [6, 6.07) is 75.6. The van der Waals surface area contributed by atoms with Crippen molar-refractivity contribution in [1.29, 1.82) is 0 Å². The number of rotatable bonds is 6. The van der Waals surface area contributed by atoms with Gasteiger partial charge in [0, 0.05) is 33.2 Å². The molecule has 9 aromatic carbocycles. The van der Waals surface area contributed by atoms with Crippen molar-refractivity contribution in [2.75, 3.05) is 4.90 Å². The lowest BCUT2D eigenvalue weighted by Crippen LogP contribution is -2.16. The van der Waals surface area contributed by atoms with Crippen LogP contribution in [-0.2, 0) is 5.41 Å². The van der Waals surface area contributed by atoms with Crippen molar-refractivity contribution in [1.82, 2.24) is 4.57 Å². The summed E-state index contributed by atoms with van der Waals surface area (Å²) in [6.45, 7) is 4.77. The van der Waals surface area contributed by atoms with Crippen LogP contribution in [0.25, 0.3) is 71.6 Å². The maximum absolute atomic E-state index is 2.48. The fraction of sp³-hybridized carbons (Fsp3) is 0.0545. The quantitative estimate of drug-likeness (QED) is 0.165. The SMILES string of the molecule is CC1(C)c2cc(N(c3ccc(-c4ccccc4-c4ccccc4)cc3)c3cccc4c3c3ccccc3n4-c3ccccc3)ccc2-c2cc3ccccc3cc21. The minimum Gasteiger partial charge on any atom is -0.310 e. The Morgan fingerprint density at radius 1 is 0.404 bits per heavy atom. The first-order chi connectivity index (χ1) is 28.0. The predicted molar refractivity (Wildman–Crippen MR) is 241 cm³/mol. The highest BCUT2D eigenvalue weighted by atomic mass is 15.1. The van der Waals surface area contributed by atoms with Gasteiger partial charge in [0.05, 0.1) is 16.7 Å². The van der Waals surface area contributed by atoms with Crippen LogP contribution in [0.3, 0.4) is 0 Å². The van der Waals surface area contributed by atoms with Gasteiger partial charge in [-0.05, 0) is 122 Å². The van der Waals surface area contributed by atoms with Gasteiger partial charge < -0.3 is 9.47 Å². The number of anilines is 3. The van der Waals surface area contributed by atoms with Crippen LogP contribution in [0.1, 0.15) is 25.0 Å². The van der Waals surface area contributed by atoms with E-state index in [9.17, 15) is 0 Å². The second kappa shape index (κ2) is 13.0. The van der Waals surface area contributed by atoms with Gasteiger partial charge in [0.2, 0.25) is 0 Å². The lowest BCUT2D eigenvalue weighted by molar-refractivity contribution is 0.661. The summed E-state index contributed by atoms with van der Waals surface area (Å²) in [5, 5.41) is 5.02. The molecule has 0 atom stereocenters. The summed E-state index contributed by atoms with van der Waals surface area (Å²) < 4.78 is 2.41. The highest BCUT2D eigenvalue weighted by molar-refractivity contribution is 6.16. The average Bonchev–Trinajstić information content (AvgIpc) is 3.72. The summed E-state index contributed by atoms with van der Waals surface area (Å²) in [6.07, 6.45) is 0. The zero-order valence-electron chi connectivity index (χ0n) is 32.0. The molecule has 1 aliphatic carbocycles. The molecule has 0 N–H and O–H groups in total. The molecule has 0 spiro atoms. The molecule has 0 unspecified atom stereocenters. The zero-order valence-corrected chi connectivity index (χ0v) is 32.0. The summed E-state index contributed by atoms with van der Waals surface area (Å²) in [5.41, 5.74) is 17.0. The van der Waals surface area contributed by atoms with Gasteiger partial charge in [-0.25, -0.2) is 0 Å². The Bertz CT molecular complexity index is 3130. The van der Waals surface area contributed by atoms with Crippen LogP contribution >= 0.6 is 0 Å². The van der Waals surface area contributed by atoms with Gasteiger partial charge in [0.1, 0.15) is 0 Å². The van der Waals surface area contributed by atoms with Crippen LogP contribution in [0.15, 0.2) is 206 Å². The van der Waals surface area contributed by atoms with Crippen LogP contribution in [0.2, 0.25) is 0 Å². The molecule has 57 heavy (non-hydrogen) atoms. The minimum absolute atomic E-state index is 0.170. The van der Waals surface area contributed by atoms with E-state index in [-0.39, 0.29) is 5.41 Å². The minimum atomic E-state index is -0.170. The number of benzene rings is 9. The molecule has 1 aromatic heterocycles. The molecule has 0 saturated carbocycles. The molecule has 270 valence electrons. The van der Waals surface area contributed by atoms with Crippen LogP contribution in [0.4, 0.5) is 17.1 Å². The predicted octanol–water partition coefficient (Wildman–Crippen LogP) is 15.0. The first-order valence-corrected chi connectivity index (χ1v) is 19.9. The van der Waals surface area contributed by atoms with Crippen LogP contribution in [0, 0.1) is 0 Å². The van der Waals surface area contributed by atoms with E-state index >= 15 is 0 Å². The zero-order chi connectivity index (χ0) is 38.1. The molecule has 10 aromatic rings. The Morgan fingerprint density at radius 2 is 0.982 bits per heavy atom. The van der Waals surface area contributed by atoms with E-state index in [0.29, 0.717) is 0 Å². The van der Waals surface area contributed by atoms with Crippen LogP contribution in [0.5, 0.6) is 0 Å². The third-order valence-electron chi connectivity index (χ3n) is 12.2. The highest BCUT2D eigenvalue weighted by Crippen LogP contribution is 2.52. The number of hydrogen-bond donors (Lipinski definition) is 0. The Hall–Kier alpha value is -7.16. The van der Waals surface area contributed by atoms with E-state index in [4.69, 9.17) is 0 Å². The van der Waals surface area contributed by atoms with Crippen molar-refractivity contribution >= 4 is 49.6 Å². The molecule has 0 saturated heterocycles. The smallest absolute Gasteiger partial charge is 0.0562 e. The molecule has 0 amide bonds. The number of para-hydroxylation sites is 2. The van der Waals surface area contributed by atoms with Crippen molar-refractivity contribution in [3.8, 4) is 39.1 Å². The van der Waals surface area contributed by atoms with Crippen molar-refractivity contribution in [2.45, 2.75) is 19.3 Å². The van der Waals surface area contributed by atoms with Gasteiger partial charge >= 0.3 is 0 Å². The molecule has 2 nitrogen and oxygen atoms in total. The highest BCUT2D eigenvalue weighted by Gasteiger charge is 2.36. The largest absolute Gasteiger partial charge is 0.310 e. The maximum Gasteiger partial charge on any atom is 0.0562 e. The van der Waals surface area contributed by atoms with E-state index in [0.717, 1.165) is 22.7 Å². The third-order valence-corrected chi connectivity index (χ3v) is 12.2. The molecule has 1 aliphatic rings. The fourth-order valence-electron chi connectivity index (χ4n) is 9.41. The molecular weight excluding hydrogens is 689 g/mol. The van der Waals surface area contributed by atoms with E-state index in [2.05, 4.69) is 230 Å². The van der Waals surface area contributed by atoms with Gasteiger partial charge in [-0.2, -0.15) is 0 Å². The Labute approximate surface area is 333 Å². The normalized spacial score (nSPS) is 12.9. The third kappa shape index (κ3) is 5.25. The Kier molecular flexibility index (Phi) is 7.55.